The summed E-state index contributed by atoms with van der Waals surface area (Å²) in [6.07, 6.45) is 3.85. The molecule has 1 aromatic rings. The van der Waals surface area contributed by atoms with Gasteiger partial charge in [-0.2, -0.15) is 0 Å². The van der Waals surface area contributed by atoms with Crippen LogP contribution < -0.4 is 10.6 Å². The quantitative estimate of drug-likeness (QED) is 0.668. The van der Waals surface area contributed by atoms with Crippen molar-refractivity contribution >= 4 is 0 Å². The highest BCUT2D eigenvalue weighted by molar-refractivity contribution is 5.32. The Morgan fingerprint density at radius 3 is 2.93 bits per heavy atom. The second kappa shape index (κ2) is 3.95. The van der Waals surface area contributed by atoms with Crippen LogP contribution in [0.5, 0.6) is 0 Å². The third-order valence-electron chi connectivity index (χ3n) is 3.65. The van der Waals surface area contributed by atoms with Crippen molar-refractivity contribution in [1.82, 2.24) is 10.6 Å². The summed E-state index contributed by atoms with van der Waals surface area (Å²) in [6, 6.07) is 10.1. The molecule has 1 saturated heterocycles. The second-order valence-corrected chi connectivity index (χ2v) is 4.58. The third kappa shape index (κ3) is 1.68. The summed E-state index contributed by atoms with van der Waals surface area (Å²) in [4.78, 5) is 0. The molecule has 3 rings (SSSR count). The average Bonchev–Trinajstić information content (AvgIpc) is 2.48. The standard InChI is InChI=1S/C13H18N2/c1-2-6-11-10(4-1)5-3-7-12-13(11)15-9-8-14-12/h1-2,4,6,12-15H,3,5,7-9H2. The predicted octanol–water partition coefficient (Wildman–Crippen LogP) is 1.63. The van der Waals surface area contributed by atoms with Gasteiger partial charge in [-0.05, 0) is 30.4 Å². The number of fused-ring (bicyclic) bond motifs is 3. The summed E-state index contributed by atoms with van der Waals surface area (Å²) >= 11 is 0. The number of piperazine rings is 1. The molecule has 0 radical (unpaired) electrons. The lowest BCUT2D eigenvalue weighted by Gasteiger charge is -2.33. The third-order valence-corrected chi connectivity index (χ3v) is 3.65. The van der Waals surface area contributed by atoms with Gasteiger partial charge in [-0.1, -0.05) is 24.3 Å². The Labute approximate surface area is 91.1 Å². The number of benzene rings is 1. The van der Waals surface area contributed by atoms with E-state index >= 15 is 0 Å². The molecule has 0 saturated carbocycles. The fraction of sp³-hybridized carbons (Fsp3) is 0.538. The summed E-state index contributed by atoms with van der Waals surface area (Å²) in [5, 5.41) is 7.29. The van der Waals surface area contributed by atoms with Crippen molar-refractivity contribution in [3.05, 3.63) is 35.4 Å². The molecule has 2 unspecified atom stereocenters. The fourth-order valence-corrected chi connectivity index (χ4v) is 2.92. The van der Waals surface area contributed by atoms with Crippen LogP contribution in [0.3, 0.4) is 0 Å². The lowest BCUT2D eigenvalue weighted by molar-refractivity contribution is 0.315. The molecule has 15 heavy (non-hydrogen) atoms. The Balaban J connectivity index is 1.99. The molecule has 2 nitrogen and oxygen atoms in total. The van der Waals surface area contributed by atoms with Crippen molar-refractivity contribution < 1.29 is 0 Å². The van der Waals surface area contributed by atoms with Crippen LogP contribution in [0.4, 0.5) is 0 Å². The molecule has 2 atom stereocenters. The van der Waals surface area contributed by atoms with Crippen molar-refractivity contribution in [2.45, 2.75) is 31.3 Å². The average molecular weight is 202 g/mol. The van der Waals surface area contributed by atoms with E-state index in [2.05, 4.69) is 34.9 Å². The molecule has 1 aliphatic heterocycles. The van der Waals surface area contributed by atoms with Crippen molar-refractivity contribution in [1.29, 1.82) is 0 Å². The molecule has 1 aromatic carbocycles. The van der Waals surface area contributed by atoms with Crippen LogP contribution in [0.25, 0.3) is 0 Å². The van der Waals surface area contributed by atoms with Crippen LogP contribution >= 0.6 is 0 Å². The monoisotopic (exact) mass is 202 g/mol. The smallest absolute Gasteiger partial charge is 0.0479 e. The van der Waals surface area contributed by atoms with Crippen molar-refractivity contribution in [2.24, 2.45) is 0 Å². The number of hydrogen-bond donors (Lipinski definition) is 2. The Morgan fingerprint density at radius 2 is 1.93 bits per heavy atom. The van der Waals surface area contributed by atoms with Gasteiger partial charge in [0.25, 0.3) is 0 Å². The minimum absolute atomic E-state index is 0.539. The van der Waals surface area contributed by atoms with Crippen LogP contribution in [0.15, 0.2) is 24.3 Å². The summed E-state index contributed by atoms with van der Waals surface area (Å²) in [5.41, 5.74) is 3.06. The zero-order chi connectivity index (χ0) is 10.1. The first kappa shape index (κ1) is 9.37. The summed E-state index contributed by atoms with van der Waals surface area (Å²) in [6.45, 7) is 2.21. The molecule has 0 amide bonds. The van der Waals surface area contributed by atoms with E-state index in [-0.39, 0.29) is 0 Å². The molecule has 0 aromatic heterocycles. The zero-order valence-corrected chi connectivity index (χ0v) is 9.00. The highest BCUT2D eigenvalue weighted by Crippen LogP contribution is 2.29. The number of nitrogens with one attached hydrogen (secondary N) is 2. The van der Waals surface area contributed by atoms with E-state index in [1.54, 1.807) is 5.56 Å². The largest absolute Gasteiger partial charge is 0.311 e. The van der Waals surface area contributed by atoms with Gasteiger partial charge >= 0.3 is 0 Å². The summed E-state index contributed by atoms with van der Waals surface area (Å²) in [7, 11) is 0. The molecule has 1 aliphatic carbocycles. The maximum atomic E-state index is 3.65. The normalized spacial score (nSPS) is 30.1. The van der Waals surface area contributed by atoms with Gasteiger partial charge in [-0.15, -0.1) is 0 Å². The van der Waals surface area contributed by atoms with Crippen LogP contribution in [0, 0.1) is 0 Å². The van der Waals surface area contributed by atoms with Crippen molar-refractivity contribution in [2.75, 3.05) is 13.1 Å². The first-order chi connectivity index (χ1) is 7.45. The Hall–Kier alpha value is -0.860. The fourth-order valence-electron chi connectivity index (χ4n) is 2.92. The predicted molar refractivity (Wildman–Crippen MR) is 61.9 cm³/mol. The topological polar surface area (TPSA) is 24.1 Å². The lowest BCUT2D eigenvalue weighted by Crippen LogP contribution is -2.50. The van der Waals surface area contributed by atoms with E-state index < -0.39 is 0 Å². The Kier molecular flexibility index (Phi) is 2.47. The van der Waals surface area contributed by atoms with E-state index in [1.165, 1.54) is 24.8 Å². The lowest BCUT2D eigenvalue weighted by atomic mass is 9.95. The molecule has 80 valence electrons. The van der Waals surface area contributed by atoms with Gasteiger partial charge in [0.1, 0.15) is 0 Å². The first-order valence-electron chi connectivity index (χ1n) is 6.00. The Bertz CT molecular complexity index is 348. The minimum Gasteiger partial charge on any atom is -0.311 e. The number of rotatable bonds is 0. The zero-order valence-electron chi connectivity index (χ0n) is 9.00. The van der Waals surface area contributed by atoms with Crippen LogP contribution in [0.1, 0.15) is 30.0 Å². The summed E-state index contributed by atoms with van der Waals surface area (Å²) < 4.78 is 0. The first-order valence-corrected chi connectivity index (χ1v) is 6.00. The molecular weight excluding hydrogens is 184 g/mol. The maximum Gasteiger partial charge on any atom is 0.0479 e. The minimum atomic E-state index is 0.539. The van der Waals surface area contributed by atoms with Gasteiger partial charge in [-0.3, -0.25) is 0 Å². The molecular formula is C13H18N2. The molecule has 0 bridgehead atoms. The summed E-state index contributed by atoms with van der Waals surface area (Å²) in [5.74, 6) is 0. The molecule has 0 spiro atoms. The van der Waals surface area contributed by atoms with E-state index in [4.69, 9.17) is 0 Å². The van der Waals surface area contributed by atoms with Gasteiger partial charge in [0.15, 0.2) is 0 Å². The van der Waals surface area contributed by atoms with Crippen molar-refractivity contribution in [3.63, 3.8) is 0 Å². The van der Waals surface area contributed by atoms with Gasteiger partial charge in [0.2, 0.25) is 0 Å². The maximum absolute atomic E-state index is 3.65. The van der Waals surface area contributed by atoms with E-state index in [9.17, 15) is 0 Å². The van der Waals surface area contributed by atoms with Gasteiger partial charge in [0.05, 0.1) is 0 Å². The van der Waals surface area contributed by atoms with Gasteiger partial charge < -0.3 is 10.6 Å². The van der Waals surface area contributed by atoms with Crippen molar-refractivity contribution in [3.8, 4) is 0 Å². The van der Waals surface area contributed by atoms with E-state index in [0.717, 1.165) is 13.1 Å². The molecule has 2 N–H and O–H groups in total. The van der Waals surface area contributed by atoms with Crippen LogP contribution in [0.2, 0.25) is 0 Å². The van der Waals surface area contributed by atoms with Crippen LogP contribution in [-0.4, -0.2) is 19.1 Å². The highest BCUT2D eigenvalue weighted by Gasteiger charge is 2.28. The number of hydrogen-bond acceptors (Lipinski definition) is 2. The molecule has 1 heterocycles. The number of aryl methyl sites for hydroxylation is 1. The Morgan fingerprint density at radius 1 is 1.07 bits per heavy atom. The van der Waals surface area contributed by atoms with Gasteiger partial charge in [-0.25, -0.2) is 0 Å². The highest BCUT2D eigenvalue weighted by atomic mass is 15.1. The molecule has 1 fully saturated rings. The van der Waals surface area contributed by atoms with E-state index in [0.29, 0.717) is 12.1 Å². The second-order valence-electron chi connectivity index (χ2n) is 4.58. The van der Waals surface area contributed by atoms with E-state index in [1.807, 2.05) is 0 Å². The van der Waals surface area contributed by atoms with Crippen LogP contribution in [-0.2, 0) is 6.42 Å². The SMILES string of the molecule is c1ccc2c(c1)CCCC1NCCNC21. The van der Waals surface area contributed by atoms with Gasteiger partial charge in [0, 0.05) is 25.2 Å². The molecule has 2 aliphatic rings. The molecule has 2 heteroatoms.